The molecule has 0 aliphatic carbocycles. The van der Waals surface area contributed by atoms with Gasteiger partial charge in [-0.1, -0.05) is 229 Å². The lowest BCUT2D eigenvalue weighted by atomic mass is 9.76. The zero-order chi connectivity index (χ0) is 94.4. The van der Waals surface area contributed by atoms with Crippen LogP contribution in [0.2, 0.25) is 10.0 Å². The number of nitrogens with zero attached hydrogens (tertiary/aromatic N) is 23. The fourth-order valence-corrected chi connectivity index (χ4v) is 20.1. The molecule has 135 heavy (non-hydrogen) atoms. The molecule has 698 valence electrons. The Kier molecular flexibility index (Phi) is 28.6. The second-order valence-electron chi connectivity index (χ2n) is 35.6. The van der Waals surface area contributed by atoms with Gasteiger partial charge in [0, 0.05) is 163 Å². The molecule has 12 heterocycles. The number of fused-ring (bicyclic) bond motifs is 4. The average Bonchev–Trinajstić information content (AvgIpc) is 1.64. The van der Waals surface area contributed by atoms with Gasteiger partial charge in [-0.05, 0) is 94.5 Å². The molecule has 4 saturated heterocycles. The molecule has 31 nitrogen and oxygen atoms in total. The van der Waals surface area contributed by atoms with Gasteiger partial charge in [0.2, 0.25) is 0 Å². The van der Waals surface area contributed by atoms with Crippen molar-refractivity contribution in [3.63, 3.8) is 0 Å². The maximum atomic E-state index is 12.8. The van der Waals surface area contributed by atoms with Crippen LogP contribution in [0.3, 0.4) is 0 Å². The summed E-state index contributed by atoms with van der Waals surface area (Å²) in [5, 5.41) is 1.46. The lowest BCUT2D eigenvalue weighted by Gasteiger charge is -2.44. The number of halogens is 2. The number of hydrogen-bond donors (Lipinski definition) is 0. The maximum Gasteiger partial charge on any atom is 0.332 e. The first kappa shape index (κ1) is 93.5. The zero-order valence-corrected chi connectivity index (χ0v) is 79.0. The highest BCUT2D eigenvalue weighted by atomic mass is 35.5. The first-order chi connectivity index (χ1) is 65.4. The zero-order valence-electron chi connectivity index (χ0n) is 77.5. The predicted molar refractivity (Wildman–Crippen MR) is 528 cm³/mol. The number of hydrogen-bond acceptors (Lipinski definition) is 19. The van der Waals surface area contributed by atoms with Crippen molar-refractivity contribution in [2.75, 3.05) is 85.1 Å². The second-order valence-corrected chi connectivity index (χ2v) is 36.5. The van der Waals surface area contributed by atoms with Crippen LogP contribution in [-0.2, 0) is 83.1 Å². The van der Waals surface area contributed by atoms with E-state index in [4.69, 9.17) is 23.2 Å². The van der Waals surface area contributed by atoms with Gasteiger partial charge in [-0.2, -0.15) is 0 Å². The molecule has 0 amide bonds. The van der Waals surface area contributed by atoms with E-state index < -0.39 is 0 Å². The summed E-state index contributed by atoms with van der Waals surface area (Å²) >= 11 is 12.3. The molecule has 8 aromatic heterocycles. The highest BCUT2D eigenvalue weighted by Crippen LogP contribution is 2.40. The molecule has 0 saturated carbocycles. The molecule has 3 unspecified atom stereocenters. The summed E-state index contributed by atoms with van der Waals surface area (Å²) in [6.07, 6.45) is 8.81. The number of imidazole rings is 4. The summed E-state index contributed by atoms with van der Waals surface area (Å²) in [4.78, 5) is 134. The summed E-state index contributed by atoms with van der Waals surface area (Å²) in [6.45, 7) is 16.0. The van der Waals surface area contributed by atoms with Crippen molar-refractivity contribution in [3.05, 3.63) is 394 Å². The van der Waals surface area contributed by atoms with Gasteiger partial charge < -0.3 is 18.3 Å². The van der Waals surface area contributed by atoms with Crippen LogP contribution < -0.4 is 45.0 Å². The van der Waals surface area contributed by atoms with E-state index in [0.717, 1.165) is 126 Å². The van der Waals surface area contributed by atoms with E-state index in [1.54, 1.807) is 53.5 Å². The van der Waals surface area contributed by atoms with Gasteiger partial charge in [0.15, 0.2) is 44.7 Å². The Morgan fingerprint density at radius 2 is 0.526 bits per heavy atom. The smallest absolute Gasteiger partial charge is 0.311 e. The van der Waals surface area contributed by atoms with Crippen LogP contribution in [0.5, 0.6) is 0 Å². The Labute approximate surface area is 789 Å². The van der Waals surface area contributed by atoms with Crippen LogP contribution in [-0.4, -0.2) is 200 Å². The molecule has 20 rings (SSSR count). The highest BCUT2D eigenvalue weighted by molar-refractivity contribution is 6.30. The van der Waals surface area contributed by atoms with Crippen LogP contribution in [0.1, 0.15) is 88.3 Å². The molecular weight excluding hydrogens is 1750 g/mol. The summed E-state index contributed by atoms with van der Waals surface area (Å²) in [5.74, 6) is 0.935. The minimum atomic E-state index is -0.371. The average molecular weight is 1860 g/mol. The first-order valence-corrected chi connectivity index (χ1v) is 46.5. The van der Waals surface area contributed by atoms with Gasteiger partial charge in [-0.25, -0.2) is 39.1 Å². The Morgan fingerprint density at radius 1 is 0.281 bits per heavy atom. The normalized spacial score (nSPS) is 16.4. The van der Waals surface area contributed by atoms with Crippen LogP contribution >= 0.6 is 23.2 Å². The Balaban J connectivity index is 0.000000125. The molecule has 8 aromatic carbocycles. The van der Waals surface area contributed by atoms with Crippen molar-refractivity contribution in [3.8, 4) is 0 Å². The number of aryl methyl sites for hydroxylation is 4. The SMILES string of the molecule is CC1CN(Cn2cnc3c2c(=O)n(C)c(=O)n3C)CCN1C(c1ccccc1)c1ccc(Cl)cc1.Cn1c(=O)c2c(ncn2CN2CCC(C(c3ccccc3)c3ccccc3)CC2)n(C)c1=O.Cn1c(=O)c2c(ncn2CN2CCN(C(c3ccccc3)c3ccc(Cl)cc3)CC2)n(C)c1=O.Cn1c(=O)c2c(ncn2CN2CCN(C(c3ccccc3)c3ccccc3)CC2)n(C)c1=O. The minimum absolute atomic E-state index is 0.126. The van der Waals surface area contributed by atoms with E-state index in [-0.39, 0.29) is 69.2 Å². The first-order valence-electron chi connectivity index (χ1n) is 45.7. The van der Waals surface area contributed by atoms with Crippen LogP contribution in [0.4, 0.5) is 0 Å². The minimum Gasteiger partial charge on any atom is -0.311 e. The standard InChI is InChI=1S/C26H29ClN6O2.C26H29N5O2.C25H27ClN6O2.C25H28N6O2/c1-18-15-31(17-32-16-28-24-23(32)25(34)30(3)26(35)29(24)2)13-14-33(18)22(19-7-5-4-6-8-19)20-9-11-21(27)12-10-20;1-28-24-23(25(32)29(2)26(28)33)31(17-27-24)18-30-15-13-21(14-16-30)22(19-9-5-3-6-10-19)20-11-7-4-8-12-20;1-28-23-22(24(33)29(2)25(28)34)32(16-27-23)17-30-12-14-31(15-13-30)21(18-6-4-3-5-7-18)19-8-10-20(26)11-9-19;1-27-23-22(24(32)28(2)25(27)33)31(17-26-23)18-29-13-15-30(16-14-29)21(19-9-5-3-6-10-19)20-11-7-4-8-12-20/h4-12,16,18,22H,13-15,17H2,1-3H3;3-12,17,21-22H,13-16,18H2,1-2H3;3-11,16,21H,12-15,17H2,1-2H3;3-12,17,21H,13-16,18H2,1-2H3. The van der Waals surface area contributed by atoms with E-state index in [2.05, 4.69) is 255 Å². The third-order valence-electron chi connectivity index (χ3n) is 27.2. The van der Waals surface area contributed by atoms with Gasteiger partial charge >= 0.3 is 22.8 Å². The molecule has 0 bridgehead atoms. The number of piperidine rings is 1. The molecule has 33 heteroatoms. The van der Waals surface area contributed by atoms with Crippen molar-refractivity contribution >= 4 is 67.9 Å². The van der Waals surface area contributed by atoms with Crippen LogP contribution in [0.15, 0.2) is 294 Å². The third-order valence-corrected chi connectivity index (χ3v) is 27.7. The maximum absolute atomic E-state index is 12.8. The second kappa shape index (κ2) is 41.2. The molecule has 16 aromatic rings. The lowest BCUT2D eigenvalue weighted by molar-refractivity contribution is 0.0453. The van der Waals surface area contributed by atoms with Gasteiger partial charge in [0.25, 0.3) is 22.2 Å². The Bertz CT molecular complexity index is 7060. The van der Waals surface area contributed by atoms with Crippen molar-refractivity contribution < 1.29 is 0 Å². The van der Waals surface area contributed by atoms with Crippen LogP contribution in [0, 0.1) is 5.92 Å². The molecule has 4 aliphatic heterocycles. The highest BCUT2D eigenvalue weighted by Gasteiger charge is 2.36. The summed E-state index contributed by atoms with van der Waals surface area (Å²) in [5.41, 5.74) is 11.1. The van der Waals surface area contributed by atoms with E-state index in [1.165, 1.54) is 91.0 Å². The molecule has 0 N–H and O–H groups in total. The molecule has 0 spiro atoms. The molecule has 4 aliphatic rings. The van der Waals surface area contributed by atoms with E-state index in [1.807, 2.05) is 54.7 Å². The van der Waals surface area contributed by atoms with Crippen molar-refractivity contribution in [1.29, 1.82) is 0 Å². The predicted octanol–water partition coefficient (Wildman–Crippen LogP) is 10.0. The number of benzene rings is 8. The van der Waals surface area contributed by atoms with E-state index in [0.29, 0.717) is 83.2 Å². The molecule has 4 fully saturated rings. The van der Waals surface area contributed by atoms with Gasteiger partial charge in [-0.15, -0.1) is 0 Å². The topological polar surface area (TPSA) is 270 Å². The van der Waals surface area contributed by atoms with E-state index in [9.17, 15) is 38.4 Å². The lowest BCUT2D eigenvalue weighted by Crippen LogP contribution is -2.53. The fraction of sp³-hybridized carbons (Fsp3) is 0.333. The van der Waals surface area contributed by atoms with E-state index >= 15 is 0 Å². The molecule has 0 radical (unpaired) electrons. The number of likely N-dealkylation sites (tertiary alicyclic amines) is 1. The number of rotatable bonds is 20. The Morgan fingerprint density at radius 3 is 0.815 bits per heavy atom. The third kappa shape index (κ3) is 19.7. The van der Waals surface area contributed by atoms with Gasteiger partial charge in [0.1, 0.15) is 0 Å². The largest absolute Gasteiger partial charge is 0.332 e. The number of aromatic nitrogens is 16. The summed E-state index contributed by atoms with van der Waals surface area (Å²) in [7, 11) is 12.6. The summed E-state index contributed by atoms with van der Waals surface area (Å²) in [6, 6.07) is 80.9. The van der Waals surface area contributed by atoms with Gasteiger partial charge in [0.05, 0.1) is 70.1 Å². The number of piperazine rings is 3. The van der Waals surface area contributed by atoms with Crippen molar-refractivity contribution in [1.82, 2.24) is 109 Å². The van der Waals surface area contributed by atoms with Crippen molar-refractivity contribution in [2.24, 2.45) is 62.3 Å². The molecule has 3 atom stereocenters. The van der Waals surface area contributed by atoms with Gasteiger partial charge in [-0.3, -0.25) is 90.0 Å². The van der Waals surface area contributed by atoms with Crippen molar-refractivity contribution in [2.45, 2.75) is 76.5 Å². The summed E-state index contributed by atoms with van der Waals surface area (Å²) < 4.78 is 17.7. The monoisotopic (exact) mass is 1860 g/mol. The molecular formula is C102H113Cl2N23O8. The quantitative estimate of drug-likeness (QED) is 0.0686. The Hall–Kier alpha value is -13.3. The van der Waals surface area contributed by atoms with Crippen LogP contribution in [0.25, 0.3) is 44.7 Å². The fourth-order valence-electron chi connectivity index (χ4n) is 19.9.